The highest BCUT2D eigenvalue weighted by atomic mass is 16.5. The number of aromatic nitrogens is 4. The van der Waals surface area contributed by atoms with Gasteiger partial charge in [0.05, 0.1) is 11.7 Å². The van der Waals surface area contributed by atoms with Gasteiger partial charge in [-0.05, 0) is 26.7 Å². The SMILES string of the molecule is Cc1noc(C(C)NCc2cn(C)nc2C2CCCC2)n1. The molecule has 2 aromatic rings. The molecular formula is C15H23N5O. The van der Waals surface area contributed by atoms with Gasteiger partial charge in [-0.15, -0.1) is 0 Å². The van der Waals surface area contributed by atoms with Gasteiger partial charge in [0.2, 0.25) is 5.89 Å². The molecule has 1 saturated carbocycles. The summed E-state index contributed by atoms with van der Waals surface area (Å²) < 4.78 is 7.13. The van der Waals surface area contributed by atoms with Crippen LogP contribution in [-0.2, 0) is 13.6 Å². The summed E-state index contributed by atoms with van der Waals surface area (Å²) >= 11 is 0. The monoisotopic (exact) mass is 289 g/mol. The first-order valence-corrected chi connectivity index (χ1v) is 7.69. The number of hydrogen-bond acceptors (Lipinski definition) is 5. The molecule has 2 heterocycles. The van der Waals surface area contributed by atoms with E-state index < -0.39 is 0 Å². The van der Waals surface area contributed by atoms with E-state index in [1.54, 1.807) is 0 Å². The smallest absolute Gasteiger partial charge is 0.243 e. The number of nitrogens with one attached hydrogen (secondary N) is 1. The first kappa shape index (κ1) is 14.3. The van der Waals surface area contributed by atoms with Crippen LogP contribution < -0.4 is 5.32 Å². The van der Waals surface area contributed by atoms with E-state index in [0.717, 1.165) is 6.54 Å². The molecule has 114 valence electrons. The van der Waals surface area contributed by atoms with Crippen molar-refractivity contribution in [1.29, 1.82) is 0 Å². The minimum Gasteiger partial charge on any atom is -0.338 e. The van der Waals surface area contributed by atoms with Gasteiger partial charge in [0, 0.05) is 31.3 Å². The number of nitrogens with zero attached hydrogens (tertiary/aromatic N) is 4. The van der Waals surface area contributed by atoms with Crippen molar-refractivity contribution in [3.8, 4) is 0 Å². The van der Waals surface area contributed by atoms with E-state index in [1.165, 1.54) is 36.9 Å². The van der Waals surface area contributed by atoms with Gasteiger partial charge in [0.25, 0.3) is 0 Å². The summed E-state index contributed by atoms with van der Waals surface area (Å²) in [7, 11) is 1.99. The molecule has 1 aliphatic rings. The summed E-state index contributed by atoms with van der Waals surface area (Å²) in [5.74, 6) is 1.94. The van der Waals surface area contributed by atoms with Gasteiger partial charge < -0.3 is 9.84 Å². The lowest BCUT2D eigenvalue weighted by Crippen LogP contribution is -2.19. The third-order valence-corrected chi connectivity index (χ3v) is 4.19. The fourth-order valence-corrected chi connectivity index (χ4v) is 3.07. The summed E-state index contributed by atoms with van der Waals surface area (Å²) in [6, 6.07) is 0.0443. The standard InChI is InChI=1S/C15H23N5O/c1-10(15-17-11(2)19-21-15)16-8-13-9-20(3)18-14(13)12-6-4-5-7-12/h9-10,12,16H,4-8H2,1-3H3. The molecule has 0 saturated heterocycles. The molecular weight excluding hydrogens is 266 g/mol. The second-order valence-electron chi connectivity index (χ2n) is 5.98. The van der Waals surface area contributed by atoms with Crippen LogP contribution in [0.5, 0.6) is 0 Å². The Hall–Kier alpha value is -1.69. The summed E-state index contributed by atoms with van der Waals surface area (Å²) in [5.41, 5.74) is 2.55. The van der Waals surface area contributed by atoms with Crippen molar-refractivity contribution >= 4 is 0 Å². The van der Waals surface area contributed by atoms with Gasteiger partial charge in [0.1, 0.15) is 0 Å². The molecule has 1 atom stereocenters. The molecule has 1 unspecified atom stereocenters. The normalized spacial score (nSPS) is 17.5. The molecule has 6 heteroatoms. The molecule has 0 amide bonds. The highest BCUT2D eigenvalue weighted by molar-refractivity contribution is 5.22. The van der Waals surface area contributed by atoms with Crippen LogP contribution in [0, 0.1) is 6.92 Å². The number of aryl methyl sites for hydroxylation is 2. The molecule has 6 nitrogen and oxygen atoms in total. The lowest BCUT2D eigenvalue weighted by molar-refractivity contribution is 0.336. The topological polar surface area (TPSA) is 68.8 Å². The molecule has 1 fully saturated rings. The highest BCUT2D eigenvalue weighted by Crippen LogP contribution is 2.34. The quantitative estimate of drug-likeness (QED) is 0.916. The van der Waals surface area contributed by atoms with E-state index in [4.69, 9.17) is 4.52 Å². The minimum atomic E-state index is 0.0443. The Kier molecular flexibility index (Phi) is 4.05. The molecule has 21 heavy (non-hydrogen) atoms. The van der Waals surface area contributed by atoms with Crippen LogP contribution in [0.3, 0.4) is 0 Å². The molecule has 0 aromatic carbocycles. The average Bonchev–Trinajstić information content (AvgIpc) is 3.16. The van der Waals surface area contributed by atoms with Crippen molar-refractivity contribution in [3.63, 3.8) is 0 Å². The first-order valence-electron chi connectivity index (χ1n) is 7.69. The van der Waals surface area contributed by atoms with Crippen molar-refractivity contribution in [2.75, 3.05) is 0 Å². The number of rotatable bonds is 5. The van der Waals surface area contributed by atoms with Gasteiger partial charge in [0.15, 0.2) is 5.82 Å². The Morgan fingerprint density at radius 3 is 2.86 bits per heavy atom. The molecule has 0 radical (unpaired) electrons. The van der Waals surface area contributed by atoms with E-state index >= 15 is 0 Å². The second-order valence-corrected chi connectivity index (χ2v) is 5.98. The van der Waals surface area contributed by atoms with Crippen LogP contribution in [-0.4, -0.2) is 19.9 Å². The van der Waals surface area contributed by atoms with Crippen molar-refractivity contribution in [2.45, 2.75) is 58.0 Å². The first-order chi connectivity index (χ1) is 10.1. The van der Waals surface area contributed by atoms with Gasteiger partial charge in [-0.25, -0.2) is 0 Å². The lowest BCUT2D eigenvalue weighted by atomic mass is 10.0. The molecule has 3 rings (SSSR count). The Morgan fingerprint density at radius 1 is 1.43 bits per heavy atom. The zero-order valence-electron chi connectivity index (χ0n) is 13.0. The van der Waals surface area contributed by atoms with Crippen molar-refractivity contribution in [2.24, 2.45) is 7.05 Å². The maximum absolute atomic E-state index is 5.21. The predicted octanol–water partition coefficient (Wildman–Crippen LogP) is 2.62. The minimum absolute atomic E-state index is 0.0443. The fourth-order valence-electron chi connectivity index (χ4n) is 3.07. The lowest BCUT2D eigenvalue weighted by Gasteiger charge is -2.12. The van der Waals surface area contributed by atoms with E-state index in [0.29, 0.717) is 17.6 Å². The Morgan fingerprint density at radius 2 is 2.19 bits per heavy atom. The zero-order chi connectivity index (χ0) is 14.8. The van der Waals surface area contributed by atoms with Crippen LogP contribution >= 0.6 is 0 Å². The molecule has 1 N–H and O–H groups in total. The van der Waals surface area contributed by atoms with Gasteiger partial charge in [-0.1, -0.05) is 18.0 Å². The van der Waals surface area contributed by atoms with Crippen LogP contribution in [0.4, 0.5) is 0 Å². The summed E-state index contributed by atoms with van der Waals surface area (Å²) in [4.78, 5) is 4.27. The largest absolute Gasteiger partial charge is 0.338 e. The van der Waals surface area contributed by atoms with Crippen LogP contribution in [0.25, 0.3) is 0 Å². The van der Waals surface area contributed by atoms with Gasteiger partial charge in [-0.3, -0.25) is 4.68 Å². The third kappa shape index (κ3) is 3.15. The van der Waals surface area contributed by atoms with E-state index in [-0.39, 0.29) is 6.04 Å². The third-order valence-electron chi connectivity index (χ3n) is 4.19. The Bertz CT molecular complexity index is 597. The van der Waals surface area contributed by atoms with Crippen molar-refractivity contribution in [3.05, 3.63) is 29.2 Å². The van der Waals surface area contributed by atoms with Crippen LogP contribution in [0.2, 0.25) is 0 Å². The predicted molar refractivity (Wildman–Crippen MR) is 78.7 cm³/mol. The Balaban J connectivity index is 1.67. The van der Waals surface area contributed by atoms with Gasteiger partial charge >= 0.3 is 0 Å². The molecule has 1 aliphatic carbocycles. The second kappa shape index (κ2) is 5.97. The molecule has 2 aromatic heterocycles. The highest BCUT2D eigenvalue weighted by Gasteiger charge is 2.23. The van der Waals surface area contributed by atoms with E-state index in [9.17, 15) is 0 Å². The summed E-state index contributed by atoms with van der Waals surface area (Å²) in [6.45, 7) is 4.65. The molecule has 0 aliphatic heterocycles. The maximum atomic E-state index is 5.21. The summed E-state index contributed by atoms with van der Waals surface area (Å²) in [5, 5.41) is 12.0. The molecule has 0 spiro atoms. The van der Waals surface area contributed by atoms with Crippen molar-refractivity contribution in [1.82, 2.24) is 25.2 Å². The van der Waals surface area contributed by atoms with Crippen molar-refractivity contribution < 1.29 is 4.52 Å². The van der Waals surface area contributed by atoms with E-state index in [1.807, 2.05) is 25.6 Å². The molecule has 0 bridgehead atoms. The van der Waals surface area contributed by atoms with Gasteiger partial charge in [-0.2, -0.15) is 10.1 Å². The average molecular weight is 289 g/mol. The van der Waals surface area contributed by atoms with Crippen LogP contribution in [0.1, 0.15) is 67.5 Å². The zero-order valence-corrected chi connectivity index (χ0v) is 13.0. The fraction of sp³-hybridized carbons (Fsp3) is 0.667. The maximum Gasteiger partial charge on any atom is 0.243 e. The number of hydrogen-bond donors (Lipinski definition) is 1. The van der Waals surface area contributed by atoms with E-state index in [2.05, 4.69) is 26.8 Å². The summed E-state index contributed by atoms with van der Waals surface area (Å²) in [6.07, 6.45) is 7.30. The van der Waals surface area contributed by atoms with Crippen LogP contribution in [0.15, 0.2) is 10.7 Å². The Labute approximate surface area is 124 Å².